The van der Waals surface area contributed by atoms with E-state index in [0.29, 0.717) is 22.8 Å². The van der Waals surface area contributed by atoms with Crippen LogP contribution in [-0.4, -0.2) is 23.4 Å². The lowest BCUT2D eigenvalue weighted by Gasteiger charge is -2.05. The maximum absolute atomic E-state index is 12.5. The van der Waals surface area contributed by atoms with E-state index in [-0.39, 0.29) is 18.2 Å². The third-order valence-corrected chi connectivity index (χ3v) is 3.44. The third-order valence-electron chi connectivity index (χ3n) is 3.44. The topological polar surface area (TPSA) is 57.5 Å². The maximum Gasteiger partial charge on any atom is 0.317 e. The van der Waals surface area contributed by atoms with Crippen LogP contribution in [0.15, 0.2) is 30.3 Å². The van der Waals surface area contributed by atoms with Gasteiger partial charge in [-0.25, -0.2) is 0 Å². The number of hydrogen-bond donors (Lipinski definition) is 0. The van der Waals surface area contributed by atoms with Crippen molar-refractivity contribution in [2.45, 2.75) is 6.42 Å². The number of benzene rings is 1. The summed E-state index contributed by atoms with van der Waals surface area (Å²) in [6, 6.07) is 8.52. The number of rotatable bonds is 3. The summed E-state index contributed by atoms with van der Waals surface area (Å²) in [5, 5.41) is 0. The molecule has 0 spiro atoms. The zero-order valence-electron chi connectivity index (χ0n) is 11.2. The van der Waals surface area contributed by atoms with Gasteiger partial charge in [0.2, 0.25) is 5.78 Å². The quantitative estimate of drug-likeness (QED) is 0.630. The molecule has 0 unspecified atom stereocenters. The molecule has 1 aliphatic rings. The van der Waals surface area contributed by atoms with E-state index < -0.39 is 0 Å². The van der Waals surface area contributed by atoms with Crippen molar-refractivity contribution in [1.82, 2.24) is 4.57 Å². The molecule has 5 heteroatoms. The van der Waals surface area contributed by atoms with Gasteiger partial charge in [0.1, 0.15) is 5.75 Å². The number of ether oxygens (including phenoxy) is 2. The first-order chi connectivity index (χ1) is 9.60. The Balaban J connectivity index is 1.95. The highest BCUT2D eigenvalue weighted by Gasteiger charge is 2.28. The van der Waals surface area contributed by atoms with Crippen LogP contribution in [0.2, 0.25) is 0 Å². The van der Waals surface area contributed by atoms with E-state index in [1.807, 2.05) is 0 Å². The Bertz CT molecular complexity index is 697. The van der Waals surface area contributed by atoms with Gasteiger partial charge >= 0.3 is 5.97 Å². The van der Waals surface area contributed by atoms with Gasteiger partial charge in [-0.05, 0) is 24.3 Å². The predicted molar refractivity (Wildman–Crippen MR) is 71.2 cm³/mol. The van der Waals surface area contributed by atoms with Crippen LogP contribution in [0.25, 0.3) is 0 Å². The third kappa shape index (κ3) is 1.87. The molecule has 0 aliphatic carbocycles. The summed E-state index contributed by atoms with van der Waals surface area (Å²) in [6.45, 7) is 0. The number of methoxy groups -OCH3 is 1. The molecule has 0 saturated heterocycles. The molecule has 0 atom stereocenters. The Morgan fingerprint density at radius 2 is 2.00 bits per heavy atom. The van der Waals surface area contributed by atoms with E-state index in [1.54, 1.807) is 49.1 Å². The molecular weight excluding hydrogens is 258 g/mol. The zero-order valence-corrected chi connectivity index (χ0v) is 11.2. The van der Waals surface area contributed by atoms with Crippen molar-refractivity contribution in [2.75, 3.05) is 7.11 Å². The molecule has 1 aromatic carbocycles. The van der Waals surface area contributed by atoms with Gasteiger partial charge < -0.3 is 14.0 Å². The number of ketones is 1. The van der Waals surface area contributed by atoms with E-state index >= 15 is 0 Å². The fourth-order valence-electron chi connectivity index (χ4n) is 2.31. The summed E-state index contributed by atoms with van der Waals surface area (Å²) in [5.41, 5.74) is 1.82. The molecule has 2 aromatic rings. The molecule has 0 fully saturated rings. The van der Waals surface area contributed by atoms with Crippen molar-refractivity contribution in [3.63, 3.8) is 0 Å². The van der Waals surface area contributed by atoms with E-state index in [2.05, 4.69) is 0 Å². The van der Waals surface area contributed by atoms with Gasteiger partial charge in [0.05, 0.1) is 24.9 Å². The van der Waals surface area contributed by atoms with Crippen LogP contribution in [0.4, 0.5) is 0 Å². The first-order valence-corrected chi connectivity index (χ1v) is 6.18. The van der Waals surface area contributed by atoms with Crippen LogP contribution < -0.4 is 9.47 Å². The number of fused-ring (bicyclic) bond motifs is 1. The van der Waals surface area contributed by atoms with Crippen LogP contribution in [-0.2, 0) is 18.3 Å². The minimum Gasteiger partial charge on any atom is -0.497 e. The Morgan fingerprint density at radius 3 is 2.60 bits per heavy atom. The van der Waals surface area contributed by atoms with E-state index in [1.165, 1.54) is 0 Å². The standard InChI is InChI=1S/C15H13NO4/c1-16-11-8-14(17)20-13(11)7-12(16)15(18)9-3-5-10(19-2)6-4-9/h3-7H,8H2,1-2H3. The normalized spacial score (nSPS) is 13.0. The molecule has 0 amide bonds. The van der Waals surface area contributed by atoms with Crippen LogP contribution in [0.1, 0.15) is 21.7 Å². The van der Waals surface area contributed by atoms with Crippen molar-refractivity contribution in [3.05, 3.63) is 47.3 Å². The summed E-state index contributed by atoms with van der Waals surface area (Å²) in [7, 11) is 3.34. The van der Waals surface area contributed by atoms with E-state index in [9.17, 15) is 9.59 Å². The number of esters is 1. The van der Waals surface area contributed by atoms with Crippen molar-refractivity contribution in [1.29, 1.82) is 0 Å². The second kappa shape index (κ2) is 4.52. The van der Waals surface area contributed by atoms with Crippen LogP contribution >= 0.6 is 0 Å². The summed E-state index contributed by atoms with van der Waals surface area (Å²) in [6.07, 6.45) is 0.210. The molecule has 102 valence electrons. The van der Waals surface area contributed by atoms with E-state index in [0.717, 1.165) is 5.69 Å². The Hall–Kier alpha value is -2.56. The van der Waals surface area contributed by atoms with Gasteiger partial charge in [-0.3, -0.25) is 9.59 Å². The predicted octanol–water partition coefficient (Wildman–Crippen LogP) is 1.73. The fourth-order valence-corrected chi connectivity index (χ4v) is 2.31. The Kier molecular flexibility index (Phi) is 2.82. The molecule has 0 saturated carbocycles. The number of hydrogen-bond acceptors (Lipinski definition) is 4. The Labute approximate surface area is 115 Å². The van der Waals surface area contributed by atoms with Crippen LogP contribution in [0.5, 0.6) is 11.5 Å². The van der Waals surface area contributed by atoms with Gasteiger partial charge in [-0.15, -0.1) is 0 Å². The SMILES string of the molecule is COc1ccc(C(=O)c2cc3c(n2C)CC(=O)O3)cc1. The molecule has 0 N–H and O–H groups in total. The van der Waals surface area contributed by atoms with Crippen molar-refractivity contribution in [3.8, 4) is 11.5 Å². The summed E-state index contributed by atoms with van der Waals surface area (Å²) in [5.74, 6) is 0.786. The van der Waals surface area contributed by atoms with E-state index in [4.69, 9.17) is 9.47 Å². The first-order valence-electron chi connectivity index (χ1n) is 6.18. The lowest BCUT2D eigenvalue weighted by molar-refractivity contribution is -0.131. The molecular formula is C15H13NO4. The molecule has 1 aromatic heterocycles. The van der Waals surface area contributed by atoms with Crippen molar-refractivity contribution < 1.29 is 19.1 Å². The minimum atomic E-state index is -0.283. The van der Waals surface area contributed by atoms with Crippen LogP contribution in [0, 0.1) is 0 Å². The number of nitrogens with zero attached hydrogens (tertiary/aromatic N) is 1. The average Bonchev–Trinajstić information content (AvgIpc) is 2.96. The monoisotopic (exact) mass is 271 g/mol. The molecule has 20 heavy (non-hydrogen) atoms. The molecule has 3 rings (SSSR count). The van der Waals surface area contributed by atoms with Gasteiger partial charge in [0.15, 0.2) is 5.75 Å². The highest BCUT2D eigenvalue weighted by atomic mass is 16.5. The Morgan fingerprint density at radius 1 is 1.30 bits per heavy atom. The molecule has 1 aliphatic heterocycles. The van der Waals surface area contributed by atoms with Gasteiger partial charge in [0, 0.05) is 18.7 Å². The second-order valence-electron chi connectivity index (χ2n) is 4.61. The first kappa shape index (κ1) is 12.5. The number of carbonyl (C=O) groups excluding carboxylic acids is 2. The highest BCUT2D eigenvalue weighted by Crippen LogP contribution is 2.30. The van der Waals surface area contributed by atoms with Gasteiger partial charge in [-0.2, -0.15) is 0 Å². The van der Waals surface area contributed by atoms with Gasteiger partial charge in [-0.1, -0.05) is 0 Å². The zero-order chi connectivity index (χ0) is 14.3. The second-order valence-corrected chi connectivity index (χ2v) is 4.61. The molecule has 0 radical (unpaired) electrons. The van der Waals surface area contributed by atoms with Gasteiger partial charge in [0.25, 0.3) is 0 Å². The smallest absolute Gasteiger partial charge is 0.317 e. The number of carbonyl (C=O) groups is 2. The average molecular weight is 271 g/mol. The summed E-state index contributed by atoms with van der Waals surface area (Å²) in [4.78, 5) is 23.7. The van der Waals surface area contributed by atoms with Crippen LogP contribution in [0.3, 0.4) is 0 Å². The highest BCUT2D eigenvalue weighted by molar-refractivity contribution is 6.08. The molecule has 2 heterocycles. The van der Waals surface area contributed by atoms with Crippen molar-refractivity contribution in [2.24, 2.45) is 7.05 Å². The maximum atomic E-state index is 12.5. The lowest BCUT2D eigenvalue weighted by atomic mass is 10.1. The molecule has 0 bridgehead atoms. The van der Waals surface area contributed by atoms with Crippen molar-refractivity contribution >= 4 is 11.8 Å². The number of aromatic nitrogens is 1. The summed E-state index contributed by atoms with van der Waals surface area (Å²) >= 11 is 0. The lowest BCUT2D eigenvalue weighted by Crippen LogP contribution is -2.11. The largest absolute Gasteiger partial charge is 0.497 e. The summed E-state index contributed by atoms with van der Waals surface area (Å²) < 4.78 is 11.8. The minimum absolute atomic E-state index is 0.111. The fraction of sp³-hybridized carbons (Fsp3) is 0.200. The molecule has 5 nitrogen and oxygen atoms in total.